The Labute approximate surface area is 205 Å². The lowest BCUT2D eigenvalue weighted by molar-refractivity contribution is -0.140. The molecule has 7 nitrogen and oxygen atoms in total. The minimum absolute atomic E-state index is 0.0608. The molecule has 0 spiro atoms. The SMILES string of the molecule is COc1cccc(C2/C(=C(\O)c3cc(Cl)c(OC)cc3OC)C(=O)C(=O)N2Cc2cccs2)c1. The fourth-order valence-electron chi connectivity index (χ4n) is 3.96. The van der Waals surface area contributed by atoms with Crippen LogP contribution in [-0.2, 0) is 16.1 Å². The molecule has 1 unspecified atom stereocenters. The van der Waals surface area contributed by atoms with E-state index in [0.29, 0.717) is 17.1 Å². The van der Waals surface area contributed by atoms with E-state index in [2.05, 4.69) is 0 Å². The number of likely N-dealkylation sites (tertiary alicyclic amines) is 1. The highest BCUT2D eigenvalue weighted by atomic mass is 35.5. The van der Waals surface area contributed by atoms with Gasteiger partial charge in [-0.05, 0) is 35.2 Å². The molecular formula is C25H22ClNO6S. The van der Waals surface area contributed by atoms with E-state index in [4.69, 9.17) is 25.8 Å². The molecule has 2 aromatic carbocycles. The molecule has 1 atom stereocenters. The molecule has 1 amide bonds. The molecular weight excluding hydrogens is 478 g/mol. The summed E-state index contributed by atoms with van der Waals surface area (Å²) in [5, 5.41) is 13.5. The van der Waals surface area contributed by atoms with E-state index in [1.54, 1.807) is 24.3 Å². The number of carbonyl (C=O) groups excluding carboxylic acids is 2. The third-order valence-corrected chi connectivity index (χ3v) is 6.74. The summed E-state index contributed by atoms with van der Waals surface area (Å²) >= 11 is 7.78. The van der Waals surface area contributed by atoms with Gasteiger partial charge in [-0.3, -0.25) is 9.59 Å². The maximum absolute atomic E-state index is 13.3. The Morgan fingerprint density at radius 1 is 1.03 bits per heavy atom. The van der Waals surface area contributed by atoms with Crippen LogP contribution in [0, 0.1) is 0 Å². The van der Waals surface area contributed by atoms with Gasteiger partial charge in [0.25, 0.3) is 11.7 Å². The molecule has 1 N–H and O–H groups in total. The summed E-state index contributed by atoms with van der Waals surface area (Å²) in [6.07, 6.45) is 0. The van der Waals surface area contributed by atoms with E-state index < -0.39 is 17.7 Å². The first-order valence-electron chi connectivity index (χ1n) is 10.3. The molecule has 9 heteroatoms. The number of ketones is 1. The second kappa shape index (κ2) is 9.79. The monoisotopic (exact) mass is 499 g/mol. The van der Waals surface area contributed by atoms with Crippen molar-refractivity contribution in [3.05, 3.63) is 80.5 Å². The number of aliphatic hydroxyl groups excluding tert-OH is 1. The Bertz CT molecular complexity index is 1270. The van der Waals surface area contributed by atoms with Crippen LogP contribution >= 0.6 is 22.9 Å². The molecule has 176 valence electrons. The minimum atomic E-state index is -0.845. The standard InChI is InChI=1S/C25H22ClNO6S/c1-31-15-7-4-6-14(10-15)22-21(24(29)25(30)27(22)13-16-8-5-9-34-16)23(28)17-11-18(26)20(33-3)12-19(17)32-2/h4-12,22,28H,13H2,1-3H3/b23-21+. The number of methoxy groups -OCH3 is 3. The van der Waals surface area contributed by atoms with Crippen LogP contribution in [0.2, 0.25) is 5.02 Å². The highest BCUT2D eigenvalue weighted by molar-refractivity contribution is 7.09. The number of amides is 1. The van der Waals surface area contributed by atoms with Gasteiger partial charge in [-0.25, -0.2) is 0 Å². The summed E-state index contributed by atoms with van der Waals surface area (Å²) < 4.78 is 16.0. The number of rotatable bonds is 7. The van der Waals surface area contributed by atoms with Crippen molar-refractivity contribution in [1.82, 2.24) is 4.90 Å². The predicted octanol–water partition coefficient (Wildman–Crippen LogP) is 5.05. The number of carbonyl (C=O) groups is 2. The highest BCUT2D eigenvalue weighted by Gasteiger charge is 2.46. The number of thiophene rings is 1. The molecule has 0 bridgehead atoms. The van der Waals surface area contributed by atoms with Crippen LogP contribution in [0.1, 0.15) is 22.0 Å². The number of benzene rings is 2. The molecule has 4 rings (SSSR count). The van der Waals surface area contributed by atoms with Crippen LogP contribution in [0.4, 0.5) is 0 Å². The second-order valence-electron chi connectivity index (χ2n) is 7.47. The number of halogens is 1. The van der Waals surface area contributed by atoms with Gasteiger partial charge in [-0.2, -0.15) is 0 Å². The van der Waals surface area contributed by atoms with Crippen molar-refractivity contribution in [2.24, 2.45) is 0 Å². The van der Waals surface area contributed by atoms with Crippen LogP contribution in [0.3, 0.4) is 0 Å². The van der Waals surface area contributed by atoms with Crippen molar-refractivity contribution >= 4 is 40.4 Å². The van der Waals surface area contributed by atoms with Gasteiger partial charge in [0.05, 0.1) is 50.1 Å². The first-order valence-corrected chi connectivity index (χ1v) is 11.5. The van der Waals surface area contributed by atoms with E-state index in [1.807, 2.05) is 17.5 Å². The maximum Gasteiger partial charge on any atom is 0.295 e. The van der Waals surface area contributed by atoms with Crippen molar-refractivity contribution in [3.63, 3.8) is 0 Å². The molecule has 0 aliphatic carbocycles. The van der Waals surface area contributed by atoms with E-state index >= 15 is 0 Å². The zero-order chi connectivity index (χ0) is 24.4. The summed E-state index contributed by atoms with van der Waals surface area (Å²) in [7, 11) is 4.42. The van der Waals surface area contributed by atoms with Crippen molar-refractivity contribution in [3.8, 4) is 17.2 Å². The van der Waals surface area contributed by atoms with Crippen molar-refractivity contribution in [1.29, 1.82) is 0 Å². The lowest BCUT2D eigenvalue weighted by Crippen LogP contribution is -2.28. The molecule has 1 fully saturated rings. The zero-order valence-corrected chi connectivity index (χ0v) is 20.3. The van der Waals surface area contributed by atoms with E-state index in [1.165, 1.54) is 49.7 Å². The number of Topliss-reactive ketones (excluding diaryl/α,β-unsaturated/α-hetero) is 1. The summed E-state index contributed by atoms with van der Waals surface area (Å²) in [6, 6.07) is 12.9. The fraction of sp³-hybridized carbons (Fsp3) is 0.200. The molecule has 1 saturated heterocycles. The lowest BCUT2D eigenvalue weighted by atomic mass is 9.94. The van der Waals surface area contributed by atoms with Gasteiger partial charge >= 0.3 is 0 Å². The van der Waals surface area contributed by atoms with E-state index in [-0.39, 0.29) is 34.2 Å². The summed E-state index contributed by atoms with van der Waals surface area (Å²) in [4.78, 5) is 28.8. The van der Waals surface area contributed by atoms with Crippen LogP contribution in [0.25, 0.3) is 5.76 Å². The lowest BCUT2D eigenvalue weighted by Gasteiger charge is -2.25. The Morgan fingerprint density at radius 2 is 1.79 bits per heavy atom. The molecule has 1 aliphatic rings. The molecule has 2 heterocycles. The molecule has 34 heavy (non-hydrogen) atoms. The van der Waals surface area contributed by atoms with E-state index in [0.717, 1.165) is 4.88 Å². The first-order chi connectivity index (χ1) is 16.4. The summed E-state index contributed by atoms with van der Waals surface area (Å²) in [5.74, 6) is -0.743. The topological polar surface area (TPSA) is 85.3 Å². The predicted molar refractivity (Wildman–Crippen MR) is 130 cm³/mol. The smallest absolute Gasteiger partial charge is 0.295 e. The second-order valence-corrected chi connectivity index (χ2v) is 8.91. The third-order valence-electron chi connectivity index (χ3n) is 5.58. The van der Waals surface area contributed by atoms with Crippen LogP contribution in [0.15, 0.2) is 59.5 Å². The van der Waals surface area contributed by atoms with Gasteiger partial charge in [0.2, 0.25) is 0 Å². The van der Waals surface area contributed by atoms with Crippen molar-refractivity contribution < 1.29 is 28.9 Å². The summed E-state index contributed by atoms with van der Waals surface area (Å²) in [5.41, 5.74) is 0.736. The highest BCUT2D eigenvalue weighted by Crippen LogP contribution is 2.44. The number of nitrogens with zero attached hydrogens (tertiary/aromatic N) is 1. The van der Waals surface area contributed by atoms with Crippen LogP contribution < -0.4 is 14.2 Å². The molecule has 1 aromatic heterocycles. The van der Waals surface area contributed by atoms with Gasteiger partial charge in [-0.15, -0.1) is 11.3 Å². The third kappa shape index (κ3) is 4.22. The average Bonchev–Trinajstić information content (AvgIpc) is 3.45. The summed E-state index contributed by atoms with van der Waals surface area (Å²) in [6.45, 7) is 0.210. The number of ether oxygens (including phenoxy) is 3. The maximum atomic E-state index is 13.3. The average molecular weight is 500 g/mol. The fourth-order valence-corrected chi connectivity index (χ4v) is 4.91. The zero-order valence-electron chi connectivity index (χ0n) is 18.7. The van der Waals surface area contributed by atoms with Gasteiger partial charge in [0.1, 0.15) is 23.0 Å². The number of hydrogen-bond acceptors (Lipinski definition) is 7. The molecule has 3 aromatic rings. The van der Waals surface area contributed by atoms with Gasteiger partial charge in [0, 0.05) is 10.9 Å². The Balaban J connectivity index is 1.93. The van der Waals surface area contributed by atoms with Gasteiger partial charge in [0.15, 0.2) is 0 Å². The van der Waals surface area contributed by atoms with E-state index in [9.17, 15) is 14.7 Å². The van der Waals surface area contributed by atoms with Crippen molar-refractivity contribution in [2.45, 2.75) is 12.6 Å². The van der Waals surface area contributed by atoms with Crippen LogP contribution in [0.5, 0.6) is 17.2 Å². The number of hydrogen-bond donors (Lipinski definition) is 1. The Kier molecular flexibility index (Phi) is 6.81. The largest absolute Gasteiger partial charge is 0.507 e. The molecule has 0 radical (unpaired) electrons. The minimum Gasteiger partial charge on any atom is -0.507 e. The molecule has 0 saturated carbocycles. The number of aliphatic hydroxyl groups is 1. The van der Waals surface area contributed by atoms with Gasteiger partial charge < -0.3 is 24.2 Å². The van der Waals surface area contributed by atoms with Gasteiger partial charge in [-0.1, -0.05) is 29.8 Å². The Hall–Kier alpha value is -3.49. The first kappa shape index (κ1) is 23.7. The van der Waals surface area contributed by atoms with Crippen molar-refractivity contribution in [2.75, 3.05) is 21.3 Å². The molecule has 1 aliphatic heterocycles. The Morgan fingerprint density at radius 3 is 2.44 bits per heavy atom. The normalized spacial score (nSPS) is 17.2. The van der Waals surface area contributed by atoms with Crippen LogP contribution in [-0.4, -0.2) is 43.0 Å². The quantitative estimate of drug-likeness (QED) is 0.278.